The summed E-state index contributed by atoms with van der Waals surface area (Å²) in [5.41, 5.74) is 0.288. The van der Waals surface area contributed by atoms with Crippen LogP contribution in [0.3, 0.4) is 0 Å². The largest absolute Gasteiger partial charge is 0.339 e. The van der Waals surface area contributed by atoms with Crippen molar-refractivity contribution in [3.8, 4) is 0 Å². The fraction of sp³-hybridized carbons (Fsp3) is 0.600. The third-order valence-corrected chi connectivity index (χ3v) is 3.25. The van der Waals surface area contributed by atoms with E-state index >= 15 is 0 Å². The SMILES string of the molecule is CN(CC(=O)N1CCNCC1)C(=O)c1cnsn1. The van der Waals surface area contributed by atoms with Crippen molar-refractivity contribution < 1.29 is 9.59 Å². The molecule has 0 aromatic carbocycles. The number of hydrogen-bond donors (Lipinski definition) is 1. The molecule has 1 aliphatic heterocycles. The summed E-state index contributed by atoms with van der Waals surface area (Å²) in [6.07, 6.45) is 1.42. The van der Waals surface area contributed by atoms with Crippen molar-refractivity contribution in [2.45, 2.75) is 0 Å². The zero-order valence-electron chi connectivity index (χ0n) is 10.1. The molecule has 2 rings (SSSR count). The van der Waals surface area contributed by atoms with E-state index in [1.54, 1.807) is 11.9 Å². The van der Waals surface area contributed by atoms with Crippen LogP contribution in [0.25, 0.3) is 0 Å². The highest BCUT2D eigenvalue weighted by molar-refractivity contribution is 6.99. The number of carbonyl (C=O) groups is 2. The van der Waals surface area contributed by atoms with Crippen LogP contribution in [0, 0.1) is 0 Å². The molecule has 7 nitrogen and oxygen atoms in total. The van der Waals surface area contributed by atoms with Crippen LogP contribution < -0.4 is 5.32 Å². The number of likely N-dealkylation sites (N-methyl/N-ethyl adjacent to an activating group) is 1. The van der Waals surface area contributed by atoms with Gasteiger partial charge in [-0.15, -0.1) is 0 Å². The van der Waals surface area contributed by atoms with Gasteiger partial charge in [-0.3, -0.25) is 9.59 Å². The molecule has 1 saturated heterocycles. The maximum Gasteiger partial charge on any atom is 0.275 e. The van der Waals surface area contributed by atoms with Gasteiger partial charge in [0.1, 0.15) is 0 Å². The van der Waals surface area contributed by atoms with Crippen LogP contribution in [0.15, 0.2) is 6.20 Å². The molecule has 98 valence electrons. The molecule has 0 unspecified atom stereocenters. The summed E-state index contributed by atoms with van der Waals surface area (Å²) >= 11 is 0.981. The van der Waals surface area contributed by atoms with Gasteiger partial charge in [0.05, 0.1) is 24.5 Å². The van der Waals surface area contributed by atoms with Gasteiger partial charge in [-0.25, -0.2) is 0 Å². The van der Waals surface area contributed by atoms with E-state index in [0.29, 0.717) is 13.1 Å². The fourth-order valence-corrected chi connectivity index (χ4v) is 2.15. The second-order valence-corrected chi connectivity index (χ2v) is 4.64. The van der Waals surface area contributed by atoms with E-state index in [1.807, 2.05) is 0 Å². The summed E-state index contributed by atoms with van der Waals surface area (Å²) in [5.74, 6) is -0.303. The Morgan fingerprint density at radius 2 is 2.22 bits per heavy atom. The molecule has 1 N–H and O–H groups in total. The van der Waals surface area contributed by atoms with Crippen molar-refractivity contribution in [3.63, 3.8) is 0 Å². The molecule has 2 heterocycles. The lowest BCUT2D eigenvalue weighted by atomic mass is 10.3. The van der Waals surface area contributed by atoms with Gasteiger partial charge in [0, 0.05) is 33.2 Å². The number of piperazine rings is 1. The van der Waals surface area contributed by atoms with E-state index in [1.165, 1.54) is 11.1 Å². The number of nitrogens with one attached hydrogen (secondary N) is 1. The molecule has 1 aromatic rings. The zero-order chi connectivity index (χ0) is 13.0. The first-order valence-electron chi connectivity index (χ1n) is 5.70. The Bertz CT molecular complexity index is 416. The van der Waals surface area contributed by atoms with Crippen LogP contribution in [0.5, 0.6) is 0 Å². The van der Waals surface area contributed by atoms with Crippen molar-refractivity contribution >= 4 is 23.5 Å². The predicted octanol–water partition coefficient (Wildman–Crippen LogP) is -0.958. The van der Waals surface area contributed by atoms with E-state index in [0.717, 1.165) is 24.8 Å². The Kier molecular flexibility index (Phi) is 4.21. The van der Waals surface area contributed by atoms with E-state index < -0.39 is 0 Å². The quantitative estimate of drug-likeness (QED) is 0.765. The first-order chi connectivity index (χ1) is 8.68. The lowest BCUT2D eigenvalue weighted by molar-refractivity contribution is -0.132. The molecular formula is C10H15N5O2S. The minimum absolute atomic E-state index is 0.0319. The Balaban J connectivity index is 1.88. The molecule has 1 aliphatic rings. The molecule has 8 heteroatoms. The van der Waals surface area contributed by atoms with Crippen LogP contribution in [0.1, 0.15) is 10.5 Å². The van der Waals surface area contributed by atoms with Crippen LogP contribution >= 0.6 is 11.7 Å². The lowest BCUT2D eigenvalue weighted by Crippen LogP contribution is -2.49. The van der Waals surface area contributed by atoms with Gasteiger partial charge in [-0.2, -0.15) is 8.75 Å². The van der Waals surface area contributed by atoms with Gasteiger partial charge in [0.15, 0.2) is 5.69 Å². The molecule has 0 aliphatic carbocycles. The maximum absolute atomic E-state index is 12.0. The Morgan fingerprint density at radius 1 is 1.50 bits per heavy atom. The van der Waals surface area contributed by atoms with Gasteiger partial charge in [-0.1, -0.05) is 0 Å². The number of hydrogen-bond acceptors (Lipinski definition) is 6. The van der Waals surface area contributed by atoms with Crippen LogP contribution in [-0.4, -0.2) is 70.1 Å². The van der Waals surface area contributed by atoms with E-state index in [4.69, 9.17) is 0 Å². The summed E-state index contributed by atoms with van der Waals surface area (Å²) < 4.78 is 7.64. The van der Waals surface area contributed by atoms with Gasteiger partial charge in [-0.05, 0) is 0 Å². The predicted molar refractivity (Wildman–Crippen MR) is 66.3 cm³/mol. The maximum atomic E-state index is 12.0. The Hall–Kier alpha value is -1.54. The summed E-state index contributed by atoms with van der Waals surface area (Å²) in [6.45, 7) is 3.08. The zero-order valence-corrected chi connectivity index (χ0v) is 10.9. The average Bonchev–Trinajstić information content (AvgIpc) is 2.92. The number of carbonyl (C=O) groups excluding carboxylic acids is 2. The van der Waals surface area contributed by atoms with Gasteiger partial charge >= 0.3 is 0 Å². The smallest absolute Gasteiger partial charge is 0.275 e. The highest BCUT2D eigenvalue weighted by Gasteiger charge is 2.21. The van der Waals surface area contributed by atoms with Crippen molar-refractivity contribution in [2.75, 3.05) is 39.8 Å². The van der Waals surface area contributed by atoms with Crippen LogP contribution in [0.2, 0.25) is 0 Å². The number of aromatic nitrogens is 2. The molecule has 18 heavy (non-hydrogen) atoms. The molecule has 0 atom stereocenters. The molecule has 2 amide bonds. The number of nitrogens with zero attached hydrogens (tertiary/aromatic N) is 4. The lowest BCUT2D eigenvalue weighted by Gasteiger charge is -2.29. The highest BCUT2D eigenvalue weighted by atomic mass is 32.1. The van der Waals surface area contributed by atoms with Gasteiger partial charge in [0.25, 0.3) is 5.91 Å². The van der Waals surface area contributed by atoms with Gasteiger partial charge < -0.3 is 15.1 Å². The normalized spacial score (nSPS) is 15.5. The molecular weight excluding hydrogens is 254 g/mol. The third kappa shape index (κ3) is 3.02. The van der Waals surface area contributed by atoms with Crippen molar-refractivity contribution in [1.82, 2.24) is 23.9 Å². The third-order valence-electron chi connectivity index (χ3n) is 2.77. The van der Waals surface area contributed by atoms with Crippen LogP contribution in [-0.2, 0) is 4.79 Å². The second-order valence-electron chi connectivity index (χ2n) is 4.08. The first kappa shape index (κ1) is 12.9. The monoisotopic (exact) mass is 269 g/mol. The van der Waals surface area contributed by atoms with E-state index in [2.05, 4.69) is 14.1 Å². The topological polar surface area (TPSA) is 78.4 Å². The number of rotatable bonds is 3. The molecule has 0 bridgehead atoms. The Morgan fingerprint density at radius 3 is 2.83 bits per heavy atom. The summed E-state index contributed by atoms with van der Waals surface area (Å²) in [4.78, 5) is 27.0. The summed E-state index contributed by atoms with van der Waals surface area (Å²) in [5, 5.41) is 3.18. The summed E-state index contributed by atoms with van der Waals surface area (Å²) in [7, 11) is 1.60. The molecule has 1 fully saturated rings. The van der Waals surface area contributed by atoms with E-state index in [9.17, 15) is 9.59 Å². The second kappa shape index (κ2) is 5.87. The number of amides is 2. The Labute approximate surface area is 109 Å². The van der Waals surface area contributed by atoms with E-state index in [-0.39, 0.29) is 24.1 Å². The van der Waals surface area contributed by atoms with Crippen molar-refractivity contribution in [2.24, 2.45) is 0 Å². The minimum atomic E-state index is -0.271. The highest BCUT2D eigenvalue weighted by Crippen LogP contribution is 2.02. The van der Waals surface area contributed by atoms with Crippen LogP contribution in [0.4, 0.5) is 0 Å². The molecule has 1 aromatic heterocycles. The first-order valence-corrected chi connectivity index (χ1v) is 6.43. The fourth-order valence-electron chi connectivity index (χ4n) is 1.74. The van der Waals surface area contributed by atoms with Gasteiger partial charge in [0.2, 0.25) is 5.91 Å². The molecule has 0 radical (unpaired) electrons. The molecule has 0 spiro atoms. The standard InChI is InChI=1S/C10H15N5O2S/c1-14(10(17)8-6-12-18-13-8)7-9(16)15-4-2-11-3-5-15/h6,11H,2-5,7H2,1H3. The summed E-state index contributed by atoms with van der Waals surface area (Å²) in [6, 6.07) is 0. The van der Waals surface area contributed by atoms with Crippen molar-refractivity contribution in [3.05, 3.63) is 11.9 Å². The van der Waals surface area contributed by atoms with Crippen molar-refractivity contribution in [1.29, 1.82) is 0 Å². The minimum Gasteiger partial charge on any atom is -0.339 e. The average molecular weight is 269 g/mol. The molecule has 0 saturated carbocycles.